The van der Waals surface area contributed by atoms with Gasteiger partial charge in [0.25, 0.3) is 6.43 Å². The van der Waals surface area contributed by atoms with Crippen molar-refractivity contribution in [2.75, 3.05) is 13.7 Å². The van der Waals surface area contributed by atoms with E-state index >= 15 is 0 Å². The first-order valence-corrected chi connectivity index (χ1v) is 6.31. The van der Waals surface area contributed by atoms with Gasteiger partial charge in [-0.05, 0) is 30.9 Å². The number of hydrogen-bond donors (Lipinski definition) is 1. The molecule has 0 saturated heterocycles. The number of carbonyl (C=O) groups is 1. The maximum absolute atomic E-state index is 12.5. The van der Waals surface area contributed by atoms with Gasteiger partial charge in [-0.2, -0.15) is 0 Å². The Hall–Kier alpha value is -1.49. The number of esters is 1. The Morgan fingerprint density at radius 3 is 2.37 bits per heavy atom. The molecule has 3 nitrogen and oxygen atoms in total. The van der Waals surface area contributed by atoms with E-state index in [0.29, 0.717) is 11.5 Å². The number of benzene rings is 1. The van der Waals surface area contributed by atoms with Gasteiger partial charge >= 0.3 is 5.97 Å². The zero-order chi connectivity index (χ0) is 13.8. The van der Waals surface area contributed by atoms with E-state index in [1.807, 2.05) is 0 Å². The van der Waals surface area contributed by atoms with Gasteiger partial charge < -0.3 is 10.1 Å². The predicted molar refractivity (Wildman–Crippen MR) is 66.9 cm³/mol. The molecule has 104 valence electrons. The fourth-order valence-electron chi connectivity index (χ4n) is 1.90. The summed E-state index contributed by atoms with van der Waals surface area (Å²) in [7, 11) is 1.32. The summed E-state index contributed by atoms with van der Waals surface area (Å²) >= 11 is 0. The summed E-state index contributed by atoms with van der Waals surface area (Å²) in [6.07, 6.45) is -0.152. The van der Waals surface area contributed by atoms with Gasteiger partial charge in [0.05, 0.1) is 7.11 Å². The van der Waals surface area contributed by atoms with Gasteiger partial charge in [-0.25, -0.2) is 13.6 Å². The first-order valence-electron chi connectivity index (χ1n) is 6.31. The monoisotopic (exact) mass is 269 g/mol. The molecule has 5 heteroatoms. The minimum atomic E-state index is -2.50. The van der Waals surface area contributed by atoms with Crippen LogP contribution in [0.1, 0.15) is 36.4 Å². The first kappa shape index (κ1) is 13.9. The molecule has 0 bridgehead atoms. The van der Waals surface area contributed by atoms with Crippen LogP contribution in [-0.2, 0) is 9.53 Å². The lowest BCUT2D eigenvalue weighted by Crippen LogP contribution is -2.31. The highest BCUT2D eigenvalue weighted by Crippen LogP contribution is 2.29. The Balaban J connectivity index is 2.08. The molecule has 1 aliphatic rings. The van der Waals surface area contributed by atoms with Gasteiger partial charge in [0.2, 0.25) is 0 Å². The molecule has 1 aliphatic carbocycles. The third-order valence-electron chi connectivity index (χ3n) is 3.27. The van der Waals surface area contributed by atoms with E-state index in [0.717, 1.165) is 6.54 Å². The number of alkyl halides is 2. The molecule has 1 unspecified atom stereocenters. The first-order chi connectivity index (χ1) is 9.11. The summed E-state index contributed by atoms with van der Waals surface area (Å²) in [5.74, 6) is 0.220. The largest absolute Gasteiger partial charge is 0.468 e. The number of hydrogen-bond acceptors (Lipinski definition) is 3. The van der Waals surface area contributed by atoms with Crippen molar-refractivity contribution < 1.29 is 18.3 Å². The molecule has 1 saturated carbocycles. The van der Waals surface area contributed by atoms with Crippen molar-refractivity contribution in [3.05, 3.63) is 35.4 Å². The summed E-state index contributed by atoms with van der Waals surface area (Å²) in [4.78, 5) is 11.7. The van der Waals surface area contributed by atoms with E-state index in [2.05, 4.69) is 5.32 Å². The lowest BCUT2D eigenvalue weighted by molar-refractivity contribution is -0.143. The van der Waals surface area contributed by atoms with E-state index < -0.39 is 18.4 Å². The van der Waals surface area contributed by atoms with Gasteiger partial charge in [0, 0.05) is 5.56 Å². The van der Waals surface area contributed by atoms with Crippen molar-refractivity contribution in [1.29, 1.82) is 0 Å². The second-order valence-corrected chi connectivity index (χ2v) is 4.78. The van der Waals surface area contributed by atoms with Crippen LogP contribution in [0.15, 0.2) is 24.3 Å². The summed E-state index contributed by atoms with van der Waals surface area (Å²) < 4.78 is 29.7. The van der Waals surface area contributed by atoms with Crippen LogP contribution in [0.2, 0.25) is 0 Å². The van der Waals surface area contributed by atoms with E-state index in [1.54, 1.807) is 12.1 Å². The molecule has 2 rings (SSSR count). The Bertz CT molecular complexity index is 430. The van der Waals surface area contributed by atoms with Gasteiger partial charge in [-0.1, -0.05) is 24.3 Å². The lowest BCUT2D eigenvalue weighted by atomic mass is 10.0. The van der Waals surface area contributed by atoms with Crippen molar-refractivity contribution >= 4 is 5.97 Å². The van der Waals surface area contributed by atoms with Gasteiger partial charge in [0.1, 0.15) is 6.04 Å². The van der Waals surface area contributed by atoms with Crippen molar-refractivity contribution in [2.45, 2.75) is 25.3 Å². The van der Waals surface area contributed by atoms with Gasteiger partial charge in [-0.3, -0.25) is 0 Å². The molecule has 0 heterocycles. The van der Waals surface area contributed by atoms with Crippen LogP contribution in [0.5, 0.6) is 0 Å². The number of rotatable bonds is 6. The standard InChI is InChI=1S/C14H17F2NO2/c1-19-14(18)12(17-8-9-2-3-9)10-4-6-11(7-5-10)13(15)16/h4-7,9,12-13,17H,2-3,8H2,1H3. The zero-order valence-electron chi connectivity index (χ0n) is 10.7. The minimum Gasteiger partial charge on any atom is -0.468 e. The molecule has 0 amide bonds. The quantitative estimate of drug-likeness (QED) is 0.807. The third kappa shape index (κ3) is 3.73. The lowest BCUT2D eigenvalue weighted by Gasteiger charge is -2.17. The smallest absolute Gasteiger partial charge is 0.327 e. The number of methoxy groups -OCH3 is 1. The highest BCUT2D eigenvalue weighted by Gasteiger charge is 2.26. The van der Waals surface area contributed by atoms with E-state index in [9.17, 15) is 13.6 Å². The summed E-state index contributed by atoms with van der Waals surface area (Å²) in [5.41, 5.74) is 0.603. The molecule has 1 atom stereocenters. The Morgan fingerprint density at radius 2 is 1.89 bits per heavy atom. The Morgan fingerprint density at radius 1 is 1.32 bits per heavy atom. The second kappa shape index (κ2) is 6.10. The van der Waals surface area contributed by atoms with Crippen molar-refractivity contribution in [1.82, 2.24) is 5.32 Å². The van der Waals surface area contributed by atoms with E-state index in [-0.39, 0.29) is 5.56 Å². The SMILES string of the molecule is COC(=O)C(NCC1CC1)c1ccc(C(F)F)cc1. The molecule has 19 heavy (non-hydrogen) atoms. The minimum absolute atomic E-state index is 0.0467. The molecular weight excluding hydrogens is 252 g/mol. The second-order valence-electron chi connectivity index (χ2n) is 4.78. The zero-order valence-corrected chi connectivity index (χ0v) is 10.7. The van der Waals surface area contributed by atoms with Crippen LogP contribution < -0.4 is 5.32 Å². The average Bonchev–Trinajstić information content (AvgIpc) is 3.23. The van der Waals surface area contributed by atoms with Crippen molar-refractivity contribution in [2.24, 2.45) is 5.92 Å². The van der Waals surface area contributed by atoms with Crippen LogP contribution in [0, 0.1) is 5.92 Å². The summed E-state index contributed by atoms with van der Waals surface area (Å²) in [6.45, 7) is 0.746. The molecule has 1 aromatic rings. The normalized spacial score (nSPS) is 16.4. The van der Waals surface area contributed by atoms with Crippen LogP contribution in [-0.4, -0.2) is 19.6 Å². The van der Waals surface area contributed by atoms with Gasteiger partial charge in [-0.15, -0.1) is 0 Å². The Kier molecular flexibility index (Phi) is 4.47. The molecule has 0 spiro atoms. The maximum Gasteiger partial charge on any atom is 0.327 e. The van der Waals surface area contributed by atoms with Crippen LogP contribution in [0.3, 0.4) is 0 Å². The van der Waals surface area contributed by atoms with E-state index in [4.69, 9.17) is 4.74 Å². The molecule has 0 aromatic heterocycles. The molecular formula is C14H17F2NO2. The molecule has 0 aliphatic heterocycles. The molecule has 1 aromatic carbocycles. The third-order valence-corrected chi connectivity index (χ3v) is 3.27. The topological polar surface area (TPSA) is 38.3 Å². The van der Waals surface area contributed by atoms with Crippen molar-refractivity contribution in [3.63, 3.8) is 0 Å². The number of carbonyl (C=O) groups excluding carboxylic acids is 1. The summed E-state index contributed by atoms with van der Waals surface area (Å²) in [6, 6.07) is 5.19. The van der Waals surface area contributed by atoms with Gasteiger partial charge in [0.15, 0.2) is 0 Å². The van der Waals surface area contributed by atoms with Crippen LogP contribution >= 0.6 is 0 Å². The molecule has 1 N–H and O–H groups in total. The summed E-state index contributed by atoms with van der Waals surface area (Å²) in [5, 5.41) is 3.14. The van der Waals surface area contributed by atoms with E-state index in [1.165, 1.54) is 32.1 Å². The fourth-order valence-corrected chi connectivity index (χ4v) is 1.90. The van der Waals surface area contributed by atoms with Crippen molar-refractivity contribution in [3.8, 4) is 0 Å². The molecule has 1 fully saturated rings. The maximum atomic E-state index is 12.5. The molecule has 0 radical (unpaired) electrons. The highest BCUT2D eigenvalue weighted by atomic mass is 19.3. The van der Waals surface area contributed by atoms with Crippen LogP contribution in [0.4, 0.5) is 8.78 Å². The Labute approximate surface area is 111 Å². The fraction of sp³-hybridized carbons (Fsp3) is 0.500. The predicted octanol–water partition coefficient (Wildman–Crippen LogP) is 2.84. The van der Waals surface area contributed by atoms with Crippen LogP contribution in [0.25, 0.3) is 0 Å². The average molecular weight is 269 g/mol. The number of halogens is 2. The highest BCUT2D eigenvalue weighted by molar-refractivity contribution is 5.77. The number of nitrogens with one attached hydrogen (secondary N) is 1. The number of ether oxygens (including phenoxy) is 1.